The normalized spacial score (nSPS) is 10.3. The molecular formula is C15H15BrO4S. The molecule has 0 radical (unpaired) electrons. The molecule has 0 unspecified atom stereocenters. The molecule has 0 spiro atoms. The number of ether oxygens (including phenoxy) is 3. The van der Waals surface area contributed by atoms with E-state index in [1.165, 1.54) is 14.2 Å². The van der Waals surface area contributed by atoms with Crippen LogP contribution in [0.5, 0.6) is 17.2 Å². The van der Waals surface area contributed by atoms with Crippen LogP contribution in [-0.2, 0) is 6.42 Å². The van der Waals surface area contributed by atoms with E-state index in [-0.39, 0.29) is 5.78 Å². The van der Waals surface area contributed by atoms with Gasteiger partial charge in [0.1, 0.15) is 5.75 Å². The van der Waals surface area contributed by atoms with Crippen LogP contribution in [0.1, 0.15) is 15.2 Å². The summed E-state index contributed by atoms with van der Waals surface area (Å²) in [6, 6.07) is 7.18. The van der Waals surface area contributed by atoms with Crippen molar-refractivity contribution in [2.75, 3.05) is 21.3 Å². The molecule has 1 heterocycles. The van der Waals surface area contributed by atoms with E-state index in [9.17, 15) is 4.79 Å². The lowest BCUT2D eigenvalue weighted by molar-refractivity contribution is 0.0990. The smallest absolute Gasteiger partial charge is 0.171 e. The molecule has 0 aliphatic rings. The first-order chi connectivity index (χ1) is 10.1. The average molecular weight is 371 g/mol. The highest BCUT2D eigenvalue weighted by molar-refractivity contribution is 9.11. The Morgan fingerprint density at radius 1 is 1.05 bits per heavy atom. The van der Waals surface area contributed by atoms with Gasteiger partial charge in [-0.2, -0.15) is 0 Å². The van der Waals surface area contributed by atoms with Gasteiger partial charge in [0.2, 0.25) is 0 Å². The molecule has 6 heteroatoms. The largest absolute Gasteiger partial charge is 0.496 e. The summed E-state index contributed by atoms with van der Waals surface area (Å²) in [4.78, 5) is 13.5. The van der Waals surface area contributed by atoms with Crippen molar-refractivity contribution in [2.24, 2.45) is 0 Å². The number of benzene rings is 1. The third-order valence-corrected chi connectivity index (χ3v) is 4.59. The SMILES string of the molecule is COc1cc(OC)c(C(=O)Cc2ccc(Br)s2)cc1OC. The molecule has 0 aliphatic carbocycles. The highest BCUT2D eigenvalue weighted by Gasteiger charge is 2.18. The number of methoxy groups -OCH3 is 3. The Morgan fingerprint density at radius 3 is 2.19 bits per heavy atom. The zero-order valence-electron chi connectivity index (χ0n) is 11.9. The molecular weight excluding hydrogens is 356 g/mol. The lowest BCUT2D eigenvalue weighted by atomic mass is 10.1. The molecule has 0 saturated heterocycles. The number of halogens is 1. The van der Waals surface area contributed by atoms with Gasteiger partial charge in [-0.15, -0.1) is 11.3 Å². The Morgan fingerprint density at radius 2 is 1.67 bits per heavy atom. The molecule has 0 bridgehead atoms. The van der Waals surface area contributed by atoms with Crippen LogP contribution in [0.15, 0.2) is 28.1 Å². The third kappa shape index (κ3) is 3.57. The van der Waals surface area contributed by atoms with Gasteiger partial charge in [0.25, 0.3) is 0 Å². The quantitative estimate of drug-likeness (QED) is 0.721. The molecule has 0 aliphatic heterocycles. The minimum absolute atomic E-state index is 0.0258. The summed E-state index contributed by atoms with van der Waals surface area (Å²) in [7, 11) is 4.61. The Labute approximate surface area is 135 Å². The van der Waals surface area contributed by atoms with Crippen molar-refractivity contribution in [1.82, 2.24) is 0 Å². The Hall–Kier alpha value is -1.53. The molecule has 0 N–H and O–H groups in total. The van der Waals surface area contributed by atoms with Crippen LogP contribution >= 0.6 is 27.3 Å². The number of carbonyl (C=O) groups excluding carboxylic acids is 1. The number of thiophene rings is 1. The summed E-state index contributed by atoms with van der Waals surface area (Å²) < 4.78 is 16.8. The summed E-state index contributed by atoms with van der Waals surface area (Å²) in [5.41, 5.74) is 0.486. The van der Waals surface area contributed by atoms with Crippen LogP contribution in [0.25, 0.3) is 0 Å². The zero-order valence-corrected chi connectivity index (χ0v) is 14.3. The van der Waals surface area contributed by atoms with Gasteiger partial charge >= 0.3 is 0 Å². The van der Waals surface area contributed by atoms with Crippen LogP contribution in [-0.4, -0.2) is 27.1 Å². The predicted octanol–water partition coefficient (Wildman–Crippen LogP) is 3.96. The maximum absolute atomic E-state index is 12.5. The lowest BCUT2D eigenvalue weighted by Crippen LogP contribution is -2.06. The molecule has 21 heavy (non-hydrogen) atoms. The van der Waals surface area contributed by atoms with Gasteiger partial charge in [0, 0.05) is 17.4 Å². The number of carbonyl (C=O) groups is 1. The second-order valence-corrected chi connectivity index (χ2v) is 6.76. The molecule has 0 saturated carbocycles. The van der Waals surface area contributed by atoms with Crippen molar-refractivity contribution in [3.8, 4) is 17.2 Å². The first-order valence-corrected chi connectivity index (χ1v) is 7.77. The molecule has 2 rings (SSSR count). The number of hydrogen-bond donors (Lipinski definition) is 0. The fourth-order valence-electron chi connectivity index (χ4n) is 1.95. The topological polar surface area (TPSA) is 44.8 Å². The molecule has 1 aromatic heterocycles. The maximum Gasteiger partial charge on any atom is 0.171 e. The van der Waals surface area contributed by atoms with E-state index in [1.807, 2.05) is 12.1 Å². The van der Waals surface area contributed by atoms with E-state index in [2.05, 4.69) is 15.9 Å². The van der Waals surface area contributed by atoms with Gasteiger partial charge in [-0.3, -0.25) is 4.79 Å². The molecule has 112 valence electrons. The van der Waals surface area contributed by atoms with E-state index in [0.717, 1.165) is 8.66 Å². The van der Waals surface area contributed by atoms with E-state index >= 15 is 0 Å². The number of ketones is 1. The maximum atomic E-state index is 12.5. The molecule has 0 amide bonds. The third-order valence-electron chi connectivity index (χ3n) is 2.97. The molecule has 0 atom stereocenters. The van der Waals surface area contributed by atoms with E-state index in [1.54, 1.807) is 30.6 Å². The minimum atomic E-state index is -0.0258. The van der Waals surface area contributed by atoms with Crippen LogP contribution < -0.4 is 14.2 Å². The van der Waals surface area contributed by atoms with Gasteiger partial charge in [0.05, 0.1) is 30.7 Å². The fraction of sp³-hybridized carbons (Fsp3) is 0.267. The Bertz CT molecular complexity index is 651. The second-order valence-electron chi connectivity index (χ2n) is 4.21. The van der Waals surface area contributed by atoms with Crippen molar-refractivity contribution in [3.05, 3.63) is 38.5 Å². The Kier molecular flexibility index (Phi) is 5.25. The van der Waals surface area contributed by atoms with Crippen LogP contribution in [0.4, 0.5) is 0 Å². The first kappa shape index (κ1) is 15.9. The Balaban J connectivity index is 2.34. The number of Topliss-reactive ketones (excluding diaryl/α,β-unsaturated/α-hetero) is 1. The predicted molar refractivity (Wildman–Crippen MR) is 86.2 cm³/mol. The second kappa shape index (κ2) is 6.95. The average Bonchev–Trinajstić information content (AvgIpc) is 2.90. The molecule has 0 fully saturated rings. The summed E-state index contributed by atoms with van der Waals surface area (Å²) in [5, 5.41) is 0. The zero-order chi connectivity index (χ0) is 15.4. The highest BCUT2D eigenvalue weighted by Crippen LogP contribution is 2.35. The van der Waals surface area contributed by atoms with Crippen molar-refractivity contribution in [3.63, 3.8) is 0 Å². The number of hydrogen-bond acceptors (Lipinski definition) is 5. The molecule has 1 aromatic carbocycles. The van der Waals surface area contributed by atoms with Gasteiger partial charge in [-0.25, -0.2) is 0 Å². The van der Waals surface area contributed by atoms with Gasteiger partial charge in [0.15, 0.2) is 17.3 Å². The van der Waals surface area contributed by atoms with Gasteiger partial charge in [-0.1, -0.05) is 0 Å². The summed E-state index contributed by atoms with van der Waals surface area (Å²) in [5.74, 6) is 1.49. The van der Waals surface area contributed by atoms with Crippen molar-refractivity contribution in [1.29, 1.82) is 0 Å². The molecule has 4 nitrogen and oxygen atoms in total. The fourth-order valence-corrected chi connectivity index (χ4v) is 3.43. The standard InChI is InChI=1S/C15H15BrO4S/c1-18-12-8-14(20-3)13(19-2)7-10(12)11(17)6-9-4-5-15(16)21-9/h4-5,7-8H,6H2,1-3H3. The monoisotopic (exact) mass is 370 g/mol. The van der Waals surface area contributed by atoms with Gasteiger partial charge < -0.3 is 14.2 Å². The van der Waals surface area contributed by atoms with Crippen LogP contribution in [0, 0.1) is 0 Å². The van der Waals surface area contributed by atoms with Crippen molar-refractivity contribution >= 4 is 33.0 Å². The first-order valence-electron chi connectivity index (χ1n) is 6.16. The minimum Gasteiger partial charge on any atom is -0.496 e. The van der Waals surface area contributed by atoms with Crippen LogP contribution in [0.3, 0.4) is 0 Å². The summed E-state index contributed by atoms with van der Waals surface area (Å²) in [6.07, 6.45) is 0.322. The summed E-state index contributed by atoms with van der Waals surface area (Å²) in [6.45, 7) is 0. The molecule has 2 aromatic rings. The summed E-state index contributed by atoms with van der Waals surface area (Å²) >= 11 is 4.94. The highest BCUT2D eigenvalue weighted by atomic mass is 79.9. The number of rotatable bonds is 6. The van der Waals surface area contributed by atoms with Crippen molar-refractivity contribution in [2.45, 2.75) is 6.42 Å². The van der Waals surface area contributed by atoms with E-state index in [0.29, 0.717) is 29.2 Å². The lowest BCUT2D eigenvalue weighted by Gasteiger charge is -2.13. The van der Waals surface area contributed by atoms with Crippen LogP contribution in [0.2, 0.25) is 0 Å². The van der Waals surface area contributed by atoms with Gasteiger partial charge in [-0.05, 0) is 34.1 Å². The van der Waals surface area contributed by atoms with E-state index in [4.69, 9.17) is 14.2 Å². The van der Waals surface area contributed by atoms with Crippen molar-refractivity contribution < 1.29 is 19.0 Å². The van der Waals surface area contributed by atoms with E-state index < -0.39 is 0 Å².